The summed E-state index contributed by atoms with van der Waals surface area (Å²) in [5.74, 6) is 0.494. The highest BCUT2D eigenvalue weighted by atomic mass is 16.5. The Hall–Kier alpha value is -1.39. The number of piperidine rings is 1. The van der Waals surface area contributed by atoms with Crippen molar-refractivity contribution < 1.29 is 9.53 Å². The molecule has 0 aliphatic carbocycles. The molecule has 1 atom stereocenters. The number of hydrogen-bond acceptors (Lipinski definition) is 3. The third-order valence-electron chi connectivity index (χ3n) is 4.67. The molecule has 4 heteroatoms. The van der Waals surface area contributed by atoms with Gasteiger partial charge in [0.25, 0.3) is 0 Å². The molecule has 0 radical (unpaired) electrons. The molecular weight excluding hydrogens is 276 g/mol. The molecule has 2 heterocycles. The number of hydrogen-bond donors (Lipinski definition) is 0. The third-order valence-corrected chi connectivity index (χ3v) is 4.67. The number of aryl methyl sites for hydroxylation is 1. The van der Waals surface area contributed by atoms with Crippen molar-refractivity contribution in [2.75, 3.05) is 39.4 Å². The fraction of sp³-hybridized carbons (Fsp3) is 0.611. The van der Waals surface area contributed by atoms with Gasteiger partial charge in [0, 0.05) is 26.2 Å². The van der Waals surface area contributed by atoms with Crippen molar-refractivity contribution in [2.45, 2.75) is 26.3 Å². The molecule has 1 unspecified atom stereocenters. The summed E-state index contributed by atoms with van der Waals surface area (Å²) in [6, 6.07) is 8.67. The van der Waals surface area contributed by atoms with E-state index in [4.69, 9.17) is 4.74 Å². The van der Waals surface area contributed by atoms with Crippen LogP contribution in [-0.2, 0) is 16.1 Å². The summed E-state index contributed by atoms with van der Waals surface area (Å²) in [5, 5.41) is 0. The third kappa shape index (κ3) is 3.87. The number of ether oxygens (including phenoxy) is 1. The topological polar surface area (TPSA) is 32.8 Å². The minimum absolute atomic E-state index is 0.164. The van der Waals surface area contributed by atoms with Crippen LogP contribution in [0.5, 0.6) is 0 Å². The summed E-state index contributed by atoms with van der Waals surface area (Å²) in [6.45, 7) is 7.96. The van der Waals surface area contributed by atoms with E-state index in [-0.39, 0.29) is 5.92 Å². The Morgan fingerprint density at radius 3 is 2.86 bits per heavy atom. The van der Waals surface area contributed by atoms with Gasteiger partial charge in [0.05, 0.1) is 19.1 Å². The number of rotatable bonds is 3. The molecule has 1 aromatic carbocycles. The van der Waals surface area contributed by atoms with Crippen LogP contribution >= 0.6 is 0 Å². The van der Waals surface area contributed by atoms with Gasteiger partial charge in [-0.1, -0.05) is 29.8 Å². The Labute approximate surface area is 133 Å². The monoisotopic (exact) mass is 302 g/mol. The molecule has 22 heavy (non-hydrogen) atoms. The first-order valence-corrected chi connectivity index (χ1v) is 8.37. The maximum Gasteiger partial charge on any atom is 0.227 e. The molecule has 0 spiro atoms. The van der Waals surface area contributed by atoms with Crippen LogP contribution in [0.15, 0.2) is 24.3 Å². The highest BCUT2D eigenvalue weighted by molar-refractivity contribution is 5.79. The van der Waals surface area contributed by atoms with Gasteiger partial charge in [-0.15, -0.1) is 0 Å². The zero-order valence-corrected chi connectivity index (χ0v) is 13.5. The Morgan fingerprint density at radius 1 is 1.27 bits per heavy atom. The van der Waals surface area contributed by atoms with E-state index in [1.165, 1.54) is 11.1 Å². The van der Waals surface area contributed by atoms with Gasteiger partial charge in [-0.05, 0) is 31.9 Å². The summed E-state index contributed by atoms with van der Waals surface area (Å²) in [4.78, 5) is 17.1. The molecule has 3 rings (SSSR count). The van der Waals surface area contributed by atoms with Crippen LogP contribution in [-0.4, -0.2) is 55.1 Å². The number of amides is 1. The average molecular weight is 302 g/mol. The van der Waals surface area contributed by atoms with Gasteiger partial charge in [-0.2, -0.15) is 0 Å². The quantitative estimate of drug-likeness (QED) is 0.857. The second-order valence-corrected chi connectivity index (χ2v) is 6.50. The first-order valence-electron chi connectivity index (χ1n) is 8.37. The summed E-state index contributed by atoms with van der Waals surface area (Å²) in [5.41, 5.74) is 2.65. The number of carbonyl (C=O) groups is 1. The highest BCUT2D eigenvalue weighted by Gasteiger charge is 2.29. The lowest BCUT2D eigenvalue weighted by Gasteiger charge is -2.36. The normalized spacial score (nSPS) is 23.5. The molecule has 2 aliphatic heterocycles. The zero-order valence-electron chi connectivity index (χ0n) is 13.5. The van der Waals surface area contributed by atoms with Gasteiger partial charge in [-0.25, -0.2) is 0 Å². The smallest absolute Gasteiger partial charge is 0.227 e. The molecule has 0 bridgehead atoms. The lowest BCUT2D eigenvalue weighted by molar-refractivity contribution is -0.141. The molecule has 2 aliphatic rings. The lowest BCUT2D eigenvalue weighted by atomic mass is 9.95. The predicted octanol–water partition coefficient (Wildman–Crippen LogP) is 2.07. The molecule has 2 fully saturated rings. The van der Waals surface area contributed by atoms with Crippen LogP contribution in [0.2, 0.25) is 0 Å². The fourth-order valence-electron chi connectivity index (χ4n) is 3.51. The molecular formula is C18H26N2O2. The molecule has 0 N–H and O–H groups in total. The van der Waals surface area contributed by atoms with Crippen LogP contribution in [0.1, 0.15) is 24.0 Å². The van der Waals surface area contributed by atoms with Crippen molar-refractivity contribution in [1.29, 1.82) is 0 Å². The van der Waals surface area contributed by atoms with E-state index in [0.29, 0.717) is 19.1 Å². The van der Waals surface area contributed by atoms with E-state index < -0.39 is 0 Å². The highest BCUT2D eigenvalue weighted by Crippen LogP contribution is 2.21. The Morgan fingerprint density at radius 2 is 2.09 bits per heavy atom. The Balaban J connectivity index is 1.57. The first kappa shape index (κ1) is 15.5. The van der Waals surface area contributed by atoms with Crippen LogP contribution < -0.4 is 0 Å². The number of likely N-dealkylation sites (tertiary alicyclic amines) is 1. The van der Waals surface area contributed by atoms with Gasteiger partial charge in [0.1, 0.15) is 0 Å². The number of nitrogens with zero attached hydrogens (tertiary/aromatic N) is 2. The van der Waals surface area contributed by atoms with Crippen LogP contribution in [0.4, 0.5) is 0 Å². The van der Waals surface area contributed by atoms with E-state index in [2.05, 4.69) is 36.1 Å². The van der Waals surface area contributed by atoms with Gasteiger partial charge < -0.3 is 9.64 Å². The van der Waals surface area contributed by atoms with Crippen molar-refractivity contribution >= 4 is 5.91 Å². The summed E-state index contributed by atoms with van der Waals surface area (Å²) in [6.07, 6.45) is 2.15. The lowest BCUT2D eigenvalue weighted by Crippen LogP contribution is -2.48. The molecule has 0 aromatic heterocycles. The second kappa shape index (κ2) is 7.25. The van der Waals surface area contributed by atoms with Crippen molar-refractivity contribution in [3.05, 3.63) is 35.4 Å². The number of morpholine rings is 1. The summed E-state index contributed by atoms with van der Waals surface area (Å²) >= 11 is 0. The summed E-state index contributed by atoms with van der Waals surface area (Å²) in [7, 11) is 0. The minimum Gasteiger partial charge on any atom is -0.378 e. The molecule has 4 nitrogen and oxygen atoms in total. The molecule has 2 saturated heterocycles. The van der Waals surface area contributed by atoms with E-state index in [9.17, 15) is 4.79 Å². The van der Waals surface area contributed by atoms with Crippen molar-refractivity contribution in [3.8, 4) is 0 Å². The van der Waals surface area contributed by atoms with Crippen molar-refractivity contribution in [1.82, 2.24) is 9.80 Å². The predicted molar refractivity (Wildman–Crippen MR) is 86.6 cm³/mol. The number of benzene rings is 1. The van der Waals surface area contributed by atoms with Crippen molar-refractivity contribution in [2.24, 2.45) is 5.92 Å². The van der Waals surface area contributed by atoms with Crippen LogP contribution in [0.3, 0.4) is 0 Å². The Bertz CT molecular complexity index is 512. The standard InChI is InChI=1S/C18H26N2O2/c1-15-4-2-5-16(12-15)13-19-7-3-6-17(14-19)18(21)20-8-10-22-11-9-20/h2,4-5,12,17H,3,6-11,13-14H2,1H3. The molecule has 1 amide bonds. The van der Waals surface area contributed by atoms with E-state index in [1.807, 2.05) is 4.90 Å². The fourth-order valence-corrected chi connectivity index (χ4v) is 3.51. The van der Waals surface area contributed by atoms with Crippen LogP contribution in [0.25, 0.3) is 0 Å². The largest absolute Gasteiger partial charge is 0.378 e. The Kier molecular flexibility index (Phi) is 5.11. The average Bonchev–Trinajstić information content (AvgIpc) is 2.55. The SMILES string of the molecule is Cc1cccc(CN2CCCC(C(=O)N3CCOCC3)C2)c1. The van der Waals surface area contributed by atoms with Gasteiger partial charge in [0.15, 0.2) is 0 Å². The number of carbonyl (C=O) groups excluding carboxylic acids is 1. The summed E-state index contributed by atoms with van der Waals surface area (Å²) < 4.78 is 5.34. The van der Waals surface area contributed by atoms with Gasteiger partial charge in [0.2, 0.25) is 5.91 Å². The van der Waals surface area contributed by atoms with E-state index in [1.54, 1.807) is 0 Å². The maximum atomic E-state index is 12.6. The van der Waals surface area contributed by atoms with Crippen LogP contribution in [0, 0.1) is 12.8 Å². The molecule has 0 saturated carbocycles. The van der Waals surface area contributed by atoms with Crippen molar-refractivity contribution in [3.63, 3.8) is 0 Å². The van der Waals surface area contributed by atoms with Gasteiger partial charge in [-0.3, -0.25) is 9.69 Å². The first-order chi connectivity index (χ1) is 10.7. The zero-order chi connectivity index (χ0) is 15.4. The van der Waals surface area contributed by atoms with E-state index >= 15 is 0 Å². The second-order valence-electron chi connectivity index (χ2n) is 6.50. The van der Waals surface area contributed by atoms with E-state index in [0.717, 1.165) is 45.6 Å². The maximum absolute atomic E-state index is 12.6. The van der Waals surface area contributed by atoms with Gasteiger partial charge >= 0.3 is 0 Å². The molecule has 1 aromatic rings. The minimum atomic E-state index is 0.164. The molecule has 120 valence electrons.